The van der Waals surface area contributed by atoms with Crippen molar-refractivity contribution in [3.05, 3.63) is 60.3 Å². The van der Waals surface area contributed by atoms with E-state index in [2.05, 4.69) is 25.3 Å². The Kier molecular flexibility index (Phi) is 4.77. The Balaban J connectivity index is 2.00. The largest absolute Gasteiger partial charge is 0.389 e. The summed E-state index contributed by atoms with van der Waals surface area (Å²) >= 11 is 0. The number of pyridine rings is 3. The van der Waals surface area contributed by atoms with Gasteiger partial charge in [-0.1, -0.05) is 0 Å². The van der Waals surface area contributed by atoms with E-state index in [0.29, 0.717) is 39.4 Å². The highest BCUT2D eigenvalue weighted by Crippen LogP contribution is 2.38. The van der Waals surface area contributed by atoms with Gasteiger partial charge in [0, 0.05) is 30.4 Å². The molecule has 1 unspecified atom stereocenters. The summed E-state index contributed by atoms with van der Waals surface area (Å²) in [6.45, 7) is 3.08. The summed E-state index contributed by atoms with van der Waals surface area (Å²) in [4.78, 5) is 27.6. The average Bonchev–Trinajstić information content (AvgIpc) is 3.08. The number of amides is 1. The molecule has 0 aliphatic carbocycles. The third-order valence-electron chi connectivity index (χ3n) is 4.51. The highest BCUT2D eigenvalue weighted by atomic mass is 19.1. The first-order valence-electron chi connectivity index (χ1n) is 8.98. The van der Waals surface area contributed by atoms with Crippen LogP contribution >= 0.6 is 0 Å². The van der Waals surface area contributed by atoms with Crippen molar-refractivity contribution in [2.75, 3.05) is 5.32 Å². The maximum absolute atomic E-state index is 13.4. The molecule has 0 spiro atoms. The zero-order chi connectivity index (χ0) is 20.5. The summed E-state index contributed by atoms with van der Waals surface area (Å²) < 4.78 is 13.4. The molecule has 4 heterocycles. The number of nitrogens with one attached hydrogen (secondary N) is 2. The Morgan fingerprint density at radius 2 is 1.97 bits per heavy atom. The fourth-order valence-electron chi connectivity index (χ4n) is 3.28. The molecule has 0 radical (unpaired) electrons. The topological polar surface area (TPSA) is 104 Å². The number of anilines is 1. The first kappa shape index (κ1) is 18.7. The molecule has 29 heavy (non-hydrogen) atoms. The fraction of sp³-hybridized carbons (Fsp3) is 0.143. The Labute approximate surface area is 165 Å². The number of fused-ring (bicyclic) bond motifs is 1. The number of hydrogen-bond donors (Lipinski definition) is 3. The number of carbonyl (C=O) groups excluding carboxylic acids is 1. The molecule has 0 bridgehead atoms. The molecule has 7 nitrogen and oxygen atoms in total. The van der Waals surface area contributed by atoms with Crippen LogP contribution in [0.5, 0.6) is 0 Å². The smallest absolute Gasteiger partial charge is 0.222 e. The highest BCUT2D eigenvalue weighted by molar-refractivity contribution is 6.02. The Morgan fingerprint density at radius 3 is 2.66 bits per heavy atom. The van der Waals surface area contributed by atoms with Crippen LogP contribution in [0.25, 0.3) is 33.5 Å². The van der Waals surface area contributed by atoms with Crippen molar-refractivity contribution in [2.45, 2.75) is 20.0 Å². The lowest BCUT2D eigenvalue weighted by atomic mass is 10.0. The van der Waals surface area contributed by atoms with Crippen LogP contribution in [0.1, 0.15) is 25.5 Å². The Bertz CT molecular complexity index is 1200. The van der Waals surface area contributed by atoms with Gasteiger partial charge in [-0.05, 0) is 37.3 Å². The normalized spacial score (nSPS) is 12.1. The third-order valence-corrected chi connectivity index (χ3v) is 4.51. The van der Waals surface area contributed by atoms with Crippen molar-refractivity contribution in [3.63, 3.8) is 0 Å². The molecule has 0 saturated carbocycles. The minimum absolute atomic E-state index is 0.232. The predicted octanol–water partition coefficient (Wildman–Crippen LogP) is 3.84. The van der Waals surface area contributed by atoms with Crippen LogP contribution in [0.4, 0.5) is 10.2 Å². The van der Waals surface area contributed by atoms with Gasteiger partial charge in [0.2, 0.25) is 5.91 Å². The summed E-state index contributed by atoms with van der Waals surface area (Å²) in [6, 6.07) is 8.16. The van der Waals surface area contributed by atoms with Crippen LogP contribution in [0.3, 0.4) is 0 Å². The number of aliphatic hydroxyl groups excluding tert-OH is 1. The fourth-order valence-corrected chi connectivity index (χ4v) is 3.28. The second-order valence-corrected chi connectivity index (χ2v) is 6.65. The molecule has 4 aromatic rings. The van der Waals surface area contributed by atoms with Gasteiger partial charge in [-0.25, -0.2) is 9.37 Å². The Hall–Kier alpha value is -3.65. The molecule has 4 rings (SSSR count). The van der Waals surface area contributed by atoms with Crippen molar-refractivity contribution < 1.29 is 14.3 Å². The first-order valence-corrected chi connectivity index (χ1v) is 8.98. The number of aliphatic hydroxyl groups is 1. The number of nitrogens with zero attached hydrogens (tertiary/aromatic N) is 3. The van der Waals surface area contributed by atoms with E-state index in [-0.39, 0.29) is 5.91 Å². The van der Waals surface area contributed by atoms with Crippen LogP contribution in [-0.2, 0) is 4.79 Å². The van der Waals surface area contributed by atoms with Crippen LogP contribution in [0.15, 0.2) is 48.9 Å². The van der Waals surface area contributed by atoms with Crippen molar-refractivity contribution in [1.82, 2.24) is 19.9 Å². The lowest BCUT2D eigenvalue weighted by Gasteiger charge is -2.07. The summed E-state index contributed by atoms with van der Waals surface area (Å²) in [7, 11) is 0. The zero-order valence-electron chi connectivity index (χ0n) is 15.8. The molecule has 146 valence electrons. The standard InChI is InChI=1S/C21H18FN5O2/c1-11(28)15-6-8-24-21-18(16-4-3-14(22)10-25-16)19(27-20(15)21)13-5-7-23-17(9-13)26-12(2)29/h3-11,27-28H,1-2H3,(H,23,26,29). The molecule has 1 atom stereocenters. The summed E-state index contributed by atoms with van der Waals surface area (Å²) in [6.07, 6.45) is 3.63. The number of halogens is 1. The number of aromatic nitrogens is 4. The second kappa shape index (κ2) is 7.40. The van der Waals surface area contributed by atoms with E-state index in [1.165, 1.54) is 13.0 Å². The molecule has 3 N–H and O–H groups in total. The van der Waals surface area contributed by atoms with E-state index in [9.17, 15) is 14.3 Å². The molecule has 8 heteroatoms. The first-order chi connectivity index (χ1) is 13.9. The SMILES string of the molecule is CC(=O)Nc1cc(-c2[nH]c3c(C(C)O)ccnc3c2-c2ccc(F)cn2)ccn1. The minimum atomic E-state index is -0.714. The summed E-state index contributed by atoms with van der Waals surface area (Å²) in [5, 5.41) is 12.8. The lowest BCUT2D eigenvalue weighted by molar-refractivity contribution is -0.114. The van der Waals surface area contributed by atoms with Gasteiger partial charge in [0.15, 0.2) is 0 Å². The van der Waals surface area contributed by atoms with Gasteiger partial charge in [-0.15, -0.1) is 0 Å². The number of H-pyrrole nitrogens is 1. The van der Waals surface area contributed by atoms with Crippen LogP contribution in [0, 0.1) is 5.82 Å². The van der Waals surface area contributed by atoms with E-state index in [0.717, 1.165) is 11.8 Å². The third kappa shape index (κ3) is 3.57. The van der Waals surface area contributed by atoms with E-state index >= 15 is 0 Å². The van der Waals surface area contributed by atoms with E-state index in [4.69, 9.17) is 0 Å². The van der Waals surface area contributed by atoms with Crippen LogP contribution < -0.4 is 5.32 Å². The molecular weight excluding hydrogens is 373 g/mol. The number of carbonyl (C=O) groups is 1. The maximum Gasteiger partial charge on any atom is 0.222 e. The molecule has 0 fully saturated rings. The van der Waals surface area contributed by atoms with Gasteiger partial charge in [-0.2, -0.15) is 0 Å². The quantitative estimate of drug-likeness (QED) is 0.490. The molecule has 0 aliphatic rings. The minimum Gasteiger partial charge on any atom is -0.389 e. The molecule has 0 saturated heterocycles. The van der Waals surface area contributed by atoms with Crippen molar-refractivity contribution in [2.24, 2.45) is 0 Å². The maximum atomic E-state index is 13.4. The van der Waals surface area contributed by atoms with Gasteiger partial charge in [0.25, 0.3) is 0 Å². The zero-order valence-corrected chi connectivity index (χ0v) is 15.8. The monoisotopic (exact) mass is 391 g/mol. The van der Waals surface area contributed by atoms with Crippen LogP contribution in [-0.4, -0.2) is 30.9 Å². The molecule has 0 aromatic carbocycles. The average molecular weight is 391 g/mol. The van der Waals surface area contributed by atoms with E-state index in [1.807, 2.05) is 0 Å². The van der Waals surface area contributed by atoms with Crippen molar-refractivity contribution in [1.29, 1.82) is 0 Å². The van der Waals surface area contributed by atoms with Gasteiger partial charge in [0.1, 0.15) is 11.6 Å². The number of rotatable bonds is 4. The van der Waals surface area contributed by atoms with E-state index in [1.54, 1.807) is 43.6 Å². The summed E-state index contributed by atoms with van der Waals surface area (Å²) in [5.74, 6) is -0.273. The van der Waals surface area contributed by atoms with Crippen LogP contribution in [0.2, 0.25) is 0 Å². The van der Waals surface area contributed by atoms with Gasteiger partial charge in [-0.3, -0.25) is 14.8 Å². The predicted molar refractivity (Wildman–Crippen MR) is 107 cm³/mol. The molecular formula is C21H18FN5O2. The molecule has 0 aliphatic heterocycles. The van der Waals surface area contributed by atoms with Gasteiger partial charge >= 0.3 is 0 Å². The number of aromatic amines is 1. The second-order valence-electron chi connectivity index (χ2n) is 6.65. The van der Waals surface area contributed by atoms with Crippen molar-refractivity contribution >= 4 is 22.8 Å². The van der Waals surface area contributed by atoms with Gasteiger partial charge < -0.3 is 15.4 Å². The molecule has 4 aromatic heterocycles. The highest BCUT2D eigenvalue weighted by Gasteiger charge is 2.21. The van der Waals surface area contributed by atoms with Gasteiger partial charge in [0.05, 0.1) is 40.3 Å². The summed E-state index contributed by atoms with van der Waals surface area (Å²) in [5.41, 5.74) is 4.56. The lowest BCUT2D eigenvalue weighted by Crippen LogP contribution is -2.07. The molecule has 1 amide bonds. The van der Waals surface area contributed by atoms with E-state index < -0.39 is 11.9 Å². The van der Waals surface area contributed by atoms with Crippen molar-refractivity contribution in [3.8, 4) is 22.5 Å². The number of hydrogen-bond acceptors (Lipinski definition) is 5. The Morgan fingerprint density at radius 1 is 1.17 bits per heavy atom.